The summed E-state index contributed by atoms with van der Waals surface area (Å²) >= 11 is 8.26. The molecule has 0 radical (unpaired) electrons. The van der Waals surface area contributed by atoms with Gasteiger partial charge in [0.15, 0.2) is 0 Å². The standard InChI is InChI=1S/C24H17ClIN5O2/c1-14(22-29-30-24(33-22)27-18-5-3-2-4-6-18)31-21(15-7-9-16(25)10-8-15)28-20-12-11-17(26)13-19(20)23(31)32/h2-14H,1H3,(H,27,30). The third-order valence-electron chi connectivity index (χ3n) is 5.18. The molecule has 0 saturated heterocycles. The summed E-state index contributed by atoms with van der Waals surface area (Å²) in [5, 5.41) is 12.5. The highest BCUT2D eigenvalue weighted by Crippen LogP contribution is 2.27. The highest BCUT2D eigenvalue weighted by atomic mass is 127. The molecule has 0 aliphatic heterocycles. The van der Waals surface area contributed by atoms with Crippen molar-refractivity contribution < 1.29 is 4.42 Å². The molecule has 5 aromatic rings. The van der Waals surface area contributed by atoms with Crippen molar-refractivity contribution in [2.45, 2.75) is 13.0 Å². The molecule has 0 aliphatic rings. The Morgan fingerprint density at radius 3 is 2.55 bits per heavy atom. The molecule has 5 rings (SSSR count). The average molecular weight is 570 g/mol. The number of nitrogens with one attached hydrogen (secondary N) is 1. The van der Waals surface area contributed by atoms with E-state index in [1.807, 2.05) is 67.6 Å². The van der Waals surface area contributed by atoms with Gasteiger partial charge < -0.3 is 9.73 Å². The Labute approximate surface area is 207 Å². The van der Waals surface area contributed by atoms with Crippen LogP contribution in [0.2, 0.25) is 5.02 Å². The number of halogens is 2. The van der Waals surface area contributed by atoms with Crippen LogP contribution in [0.4, 0.5) is 11.7 Å². The van der Waals surface area contributed by atoms with Gasteiger partial charge in [-0.05, 0) is 84.1 Å². The number of nitrogens with zero attached hydrogens (tertiary/aromatic N) is 4. The van der Waals surface area contributed by atoms with E-state index in [2.05, 4.69) is 38.1 Å². The second-order valence-electron chi connectivity index (χ2n) is 7.39. The van der Waals surface area contributed by atoms with Gasteiger partial charge in [-0.1, -0.05) is 34.9 Å². The van der Waals surface area contributed by atoms with Gasteiger partial charge in [0.1, 0.15) is 11.9 Å². The molecule has 0 fully saturated rings. The molecule has 3 aromatic carbocycles. The first-order valence-electron chi connectivity index (χ1n) is 10.1. The minimum Gasteiger partial charge on any atom is -0.406 e. The molecule has 2 aromatic heterocycles. The molecule has 1 atom stereocenters. The monoisotopic (exact) mass is 569 g/mol. The second kappa shape index (κ2) is 8.95. The highest BCUT2D eigenvalue weighted by Gasteiger charge is 2.23. The predicted octanol–water partition coefficient (Wildman–Crippen LogP) is 6.06. The Morgan fingerprint density at radius 2 is 1.79 bits per heavy atom. The zero-order valence-corrected chi connectivity index (χ0v) is 20.3. The predicted molar refractivity (Wildman–Crippen MR) is 137 cm³/mol. The first kappa shape index (κ1) is 21.6. The summed E-state index contributed by atoms with van der Waals surface area (Å²) in [5.74, 6) is 0.783. The van der Waals surface area contributed by atoms with Crippen LogP contribution in [-0.4, -0.2) is 19.7 Å². The van der Waals surface area contributed by atoms with E-state index in [0.29, 0.717) is 21.7 Å². The van der Waals surface area contributed by atoms with Gasteiger partial charge >= 0.3 is 6.01 Å². The lowest BCUT2D eigenvalue weighted by Gasteiger charge is -2.17. The summed E-state index contributed by atoms with van der Waals surface area (Å²) in [5.41, 5.74) is 2.00. The van der Waals surface area contributed by atoms with Gasteiger partial charge in [-0.25, -0.2) is 4.98 Å². The quantitative estimate of drug-likeness (QED) is 0.259. The summed E-state index contributed by atoms with van der Waals surface area (Å²) in [6.45, 7) is 1.84. The number of hydrogen-bond donors (Lipinski definition) is 1. The summed E-state index contributed by atoms with van der Waals surface area (Å²) in [6, 6.07) is 22.0. The molecule has 9 heteroatoms. The molecule has 0 saturated carbocycles. The lowest BCUT2D eigenvalue weighted by atomic mass is 10.1. The molecule has 0 bridgehead atoms. The summed E-state index contributed by atoms with van der Waals surface area (Å²) in [4.78, 5) is 18.5. The number of hydrogen-bond acceptors (Lipinski definition) is 6. The molecule has 33 heavy (non-hydrogen) atoms. The lowest BCUT2D eigenvalue weighted by molar-refractivity contribution is 0.435. The van der Waals surface area contributed by atoms with Crippen LogP contribution in [0, 0.1) is 3.57 Å². The van der Waals surface area contributed by atoms with E-state index in [9.17, 15) is 4.79 Å². The Kier molecular flexibility index (Phi) is 5.86. The maximum absolute atomic E-state index is 13.6. The largest absolute Gasteiger partial charge is 0.406 e. The molecule has 0 amide bonds. The fraction of sp³-hybridized carbons (Fsp3) is 0.0833. The molecule has 1 N–H and O–H groups in total. The van der Waals surface area contributed by atoms with Gasteiger partial charge in [0.25, 0.3) is 5.56 Å². The third kappa shape index (κ3) is 4.36. The molecule has 7 nitrogen and oxygen atoms in total. The summed E-state index contributed by atoms with van der Waals surface area (Å²) in [6.07, 6.45) is 0. The SMILES string of the molecule is CC(c1nnc(Nc2ccccc2)o1)n1c(-c2ccc(Cl)cc2)nc2ccc(I)cc2c1=O. The molecule has 0 aliphatic carbocycles. The summed E-state index contributed by atoms with van der Waals surface area (Å²) in [7, 11) is 0. The van der Waals surface area contributed by atoms with Crippen LogP contribution >= 0.6 is 34.2 Å². The molecular weight excluding hydrogens is 553 g/mol. The van der Waals surface area contributed by atoms with Gasteiger partial charge in [-0.2, -0.15) is 0 Å². The van der Waals surface area contributed by atoms with Crippen LogP contribution in [0.3, 0.4) is 0 Å². The van der Waals surface area contributed by atoms with E-state index < -0.39 is 6.04 Å². The van der Waals surface area contributed by atoms with Gasteiger partial charge in [-0.3, -0.25) is 9.36 Å². The topological polar surface area (TPSA) is 85.8 Å². The number of aromatic nitrogens is 4. The van der Waals surface area contributed by atoms with Crippen LogP contribution in [-0.2, 0) is 0 Å². The molecule has 1 unspecified atom stereocenters. The third-order valence-corrected chi connectivity index (χ3v) is 6.10. The van der Waals surface area contributed by atoms with E-state index in [4.69, 9.17) is 21.0 Å². The number of rotatable bonds is 5. The highest BCUT2D eigenvalue weighted by molar-refractivity contribution is 14.1. The number of anilines is 2. The van der Waals surface area contributed by atoms with Crippen molar-refractivity contribution in [1.29, 1.82) is 0 Å². The maximum Gasteiger partial charge on any atom is 0.320 e. The van der Waals surface area contributed by atoms with Crippen molar-refractivity contribution in [2.75, 3.05) is 5.32 Å². The number of para-hydroxylation sites is 1. The number of benzene rings is 3. The van der Waals surface area contributed by atoms with Crippen molar-refractivity contribution >= 4 is 56.8 Å². The van der Waals surface area contributed by atoms with Crippen LogP contribution in [0.5, 0.6) is 0 Å². The zero-order chi connectivity index (χ0) is 22.9. The Hall–Kier alpha value is -3.24. The minimum absolute atomic E-state index is 0.188. The van der Waals surface area contributed by atoms with Gasteiger partial charge in [-0.15, -0.1) is 5.10 Å². The van der Waals surface area contributed by atoms with Gasteiger partial charge in [0.2, 0.25) is 5.89 Å². The molecule has 0 spiro atoms. The second-order valence-corrected chi connectivity index (χ2v) is 9.07. The van der Waals surface area contributed by atoms with Crippen LogP contribution < -0.4 is 10.9 Å². The molecule has 164 valence electrons. The molecular formula is C24H17ClIN5O2. The Balaban J connectivity index is 1.63. The summed E-state index contributed by atoms with van der Waals surface area (Å²) < 4.78 is 8.39. The zero-order valence-electron chi connectivity index (χ0n) is 17.4. The maximum atomic E-state index is 13.6. The van der Waals surface area contributed by atoms with Crippen molar-refractivity contribution in [3.63, 3.8) is 0 Å². The van der Waals surface area contributed by atoms with Crippen LogP contribution in [0.25, 0.3) is 22.3 Å². The first-order valence-corrected chi connectivity index (χ1v) is 11.6. The normalized spacial score (nSPS) is 12.1. The van der Waals surface area contributed by atoms with E-state index in [0.717, 1.165) is 14.8 Å². The van der Waals surface area contributed by atoms with Crippen molar-refractivity contribution in [2.24, 2.45) is 0 Å². The van der Waals surface area contributed by atoms with Crippen LogP contribution in [0.1, 0.15) is 18.9 Å². The minimum atomic E-state index is -0.559. The van der Waals surface area contributed by atoms with E-state index in [-0.39, 0.29) is 17.5 Å². The van der Waals surface area contributed by atoms with Crippen molar-refractivity contribution in [3.8, 4) is 11.4 Å². The van der Waals surface area contributed by atoms with E-state index in [1.165, 1.54) is 0 Å². The fourth-order valence-corrected chi connectivity index (χ4v) is 4.16. The van der Waals surface area contributed by atoms with Crippen molar-refractivity contribution in [1.82, 2.24) is 19.7 Å². The van der Waals surface area contributed by atoms with E-state index in [1.54, 1.807) is 16.7 Å². The lowest BCUT2D eigenvalue weighted by Crippen LogP contribution is -2.27. The van der Waals surface area contributed by atoms with Crippen LogP contribution in [0.15, 0.2) is 82.0 Å². The smallest absolute Gasteiger partial charge is 0.320 e. The van der Waals surface area contributed by atoms with E-state index >= 15 is 0 Å². The number of fused-ring (bicyclic) bond motifs is 1. The Bertz CT molecular complexity index is 1500. The molecule has 2 heterocycles. The van der Waals surface area contributed by atoms with Gasteiger partial charge in [0.05, 0.1) is 10.9 Å². The fourth-order valence-electron chi connectivity index (χ4n) is 3.54. The average Bonchev–Trinajstić information content (AvgIpc) is 3.29. The van der Waals surface area contributed by atoms with Crippen molar-refractivity contribution in [3.05, 3.63) is 97.6 Å². The van der Waals surface area contributed by atoms with Gasteiger partial charge in [0, 0.05) is 19.8 Å². The first-order chi connectivity index (χ1) is 16.0. The Morgan fingerprint density at radius 1 is 1.03 bits per heavy atom.